The van der Waals surface area contributed by atoms with Crippen LogP contribution in [0.15, 0.2) is 65.7 Å². The third kappa shape index (κ3) is 19.3. The monoisotopic (exact) mass is 1070 g/mol. The van der Waals surface area contributed by atoms with Crippen LogP contribution in [0.2, 0.25) is 5.02 Å². The van der Waals surface area contributed by atoms with Crippen LogP contribution in [0.3, 0.4) is 0 Å². The number of urea groups is 1. The number of fused-ring (bicyclic) bond motifs is 1. The van der Waals surface area contributed by atoms with E-state index in [1.54, 1.807) is 31.4 Å². The van der Waals surface area contributed by atoms with Crippen molar-refractivity contribution in [3.63, 3.8) is 0 Å². The minimum Gasteiger partial charge on any atom is -0.778 e. The number of carbonyl (C=O) groups is 5. The number of carboxylic acids is 1. The zero-order valence-corrected chi connectivity index (χ0v) is 44.9. The van der Waals surface area contributed by atoms with Gasteiger partial charge < -0.3 is 48.5 Å². The lowest BCUT2D eigenvalue weighted by atomic mass is 9.76. The quantitative estimate of drug-likeness (QED) is 0.0250. The molecule has 2 atom stereocenters. The molecular formula is C49H67ClFN4O15PS. The maximum atomic E-state index is 14.5. The molecular weight excluding hydrogens is 1000 g/mol. The highest BCUT2D eigenvalue weighted by Crippen LogP contribution is 2.47. The molecule has 3 aromatic carbocycles. The minimum absolute atomic E-state index is 0.000883. The van der Waals surface area contributed by atoms with Crippen LogP contribution >= 0.6 is 19.2 Å². The SMILES string of the molecule is CCCCCOC(=O)COc1cc(N2C(=O)C3=C(CCCC3)C2=O)c(F)cc1Cl.CON(C)C(=O)Nc1ccc(Oc2ccc3c(c2)OC(C)(OC)CC3(C)C)cc1.C[S+](C)C.O=C(O)CNCP(=O)([O-])O. The number of hydrogen-bond acceptors (Lipinski definition) is 14. The zero-order chi connectivity index (χ0) is 54.0. The summed E-state index contributed by atoms with van der Waals surface area (Å²) in [7, 11) is 0.906. The molecule has 0 saturated heterocycles. The van der Waals surface area contributed by atoms with E-state index in [2.05, 4.69) is 37.9 Å². The van der Waals surface area contributed by atoms with Crippen LogP contribution in [0.5, 0.6) is 23.0 Å². The fraction of sp³-hybridized carbons (Fsp3) is 0.490. The molecule has 23 heteroatoms. The summed E-state index contributed by atoms with van der Waals surface area (Å²) in [4.78, 5) is 82.4. The van der Waals surface area contributed by atoms with E-state index in [9.17, 15) is 37.8 Å². The van der Waals surface area contributed by atoms with Gasteiger partial charge in [-0.1, -0.05) is 51.3 Å². The molecule has 6 rings (SSSR count). The first-order valence-corrected chi connectivity index (χ1v) is 27.4. The third-order valence-electron chi connectivity index (χ3n) is 10.7. The van der Waals surface area contributed by atoms with E-state index in [1.807, 2.05) is 37.4 Å². The summed E-state index contributed by atoms with van der Waals surface area (Å²) in [5.41, 5.74) is 2.36. The number of unbranched alkanes of at least 4 members (excludes halogenated alkanes) is 2. The van der Waals surface area contributed by atoms with E-state index in [1.165, 1.54) is 20.2 Å². The van der Waals surface area contributed by atoms with Crippen molar-refractivity contribution >= 4 is 71.3 Å². The highest BCUT2D eigenvalue weighted by molar-refractivity contribution is 7.94. The number of nitrogens with zero attached hydrogens (tertiary/aromatic N) is 2. The molecule has 4 amide bonds. The number of nitrogens with one attached hydrogen (secondary N) is 2. The number of anilines is 2. The molecule has 2 heterocycles. The maximum absolute atomic E-state index is 14.5. The van der Waals surface area contributed by atoms with Crippen LogP contribution in [0, 0.1) is 5.82 Å². The van der Waals surface area contributed by atoms with Gasteiger partial charge in [-0.3, -0.25) is 24.5 Å². The summed E-state index contributed by atoms with van der Waals surface area (Å²) < 4.78 is 52.6. The highest BCUT2D eigenvalue weighted by atomic mass is 35.5. The molecule has 0 fully saturated rings. The molecule has 19 nitrogen and oxygen atoms in total. The van der Waals surface area contributed by atoms with Crippen molar-refractivity contribution in [2.24, 2.45) is 0 Å². The molecule has 72 heavy (non-hydrogen) atoms. The Balaban J connectivity index is 0.000000302. The van der Waals surface area contributed by atoms with Crippen LogP contribution in [0.1, 0.15) is 84.6 Å². The van der Waals surface area contributed by atoms with Crippen molar-refractivity contribution in [1.82, 2.24) is 10.4 Å². The Hall–Kier alpha value is -5.25. The van der Waals surface area contributed by atoms with Gasteiger partial charge in [0, 0.05) is 62.0 Å². The van der Waals surface area contributed by atoms with Crippen LogP contribution in [-0.2, 0) is 54.4 Å². The van der Waals surface area contributed by atoms with E-state index in [4.69, 9.17) is 50.1 Å². The topological polar surface area (TPSA) is 252 Å². The Morgan fingerprint density at radius 2 is 1.57 bits per heavy atom. The van der Waals surface area contributed by atoms with Crippen molar-refractivity contribution in [3.05, 3.63) is 82.1 Å². The van der Waals surface area contributed by atoms with Gasteiger partial charge in [0.15, 0.2) is 6.61 Å². The summed E-state index contributed by atoms with van der Waals surface area (Å²) in [6.45, 7) is 7.76. The Morgan fingerprint density at radius 3 is 2.11 bits per heavy atom. The highest BCUT2D eigenvalue weighted by Gasteiger charge is 2.43. The Bertz CT molecular complexity index is 2410. The summed E-state index contributed by atoms with van der Waals surface area (Å²) in [6.07, 6.45) is 12.0. The van der Waals surface area contributed by atoms with Gasteiger partial charge in [-0.05, 0) is 84.8 Å². The van der Waals surface area contributed by atoms with Gasteiger partial charge in [-0.2, -0.15) is 0 Å². The predicted octanol–water partition coefficient (Wildman–Crippen LogP) is 7.92. The average molecular weight is 1070 g/mol. The summed E-state index contributed by atoms with van der Waals surface area (Å²) in [5.74, 6) is -2.19. The number of halogens is 2. The van der Waals surface area contributed by atoms with Gasteiger partial charge >= 0.3 is 18.0 Å². The molecule has 398 valence electrons. The van der Waals surface area contributed by atoms with Crippen LogP contribution in [0.4, 0.5) is 20.6 Å². The lowest BCUT2D eigenvalue weighted by Gasteiger charge is -2.43. The lowest BCUT2D eigenvalue weighted by molar-refractivity contribution is -0.193. The number of rotatable bonds is 17. The summed E-state index contributed by atoms with van der Waals surface area (Å²) in [6, 6.07) is 14.7. The molecule has 0 aromatic heterocycles. The first kappa shape index (κ1) is 61.1. The number of esters is 1. The number of amides is 4. The molecule has 4 N–H and O–H groups in total. The Kier molecular flexibility index (Phi) is 24.0. The van der Waals surface area contributed by atoms with Crippen molar-refractivity contribution in [2.45, 2.75) is 90.3 Å². The summed E-state index contributed by atoms with van der Waals surface area (Å²) in [5, 5.41) is 13.7. The molecule has 0 spiro atoms. The first-order chi connectivity index (χ1) is 33.7. The zero-order valence-electron chi connectivity index (χ0n) is 42.4. The second kappa shape index (κ2) is 28.3. The number of carboxylic acid groups (broad SMARTS) is 1. The van der Waals surface area contributed by atoms with E-state index < -0.39 is 62.4 Å². The largest absolute Gasteiger partial charge is 0.778 e. The molecule has 2 aliphatic heterocycles. The fourth-order valence-electron chi connectivity index (χ4n) is 7.30. The number of benzene rings is 3. The number of hydroxylamine groups is 2. The fourth-order valence-corrected chi connectivity index (χ4v) is 7.90. The maximum Gasteiger partial charge on any atom is 0.345 e. The molecule has 1 aliphatic carbocycles. The molecule has 0 radical (unpaired) electrons. The smallest absolute Gasteiger partial charge is 0.345 e. The molecule has 3 aliphatic rings. The third-order valence-corrected chi connectivity index (χ3v) is 11.6. The van der Waals surface area contributed by atoms with Gasteiger partial charge in [0.25, 0.3) is 11.8 Å². The van der Waals surface area contributed by atoms with Gasteiger partial charge in [0.1, 0.15) is 36.4 Å². The summed E-state index contributed by atoms with van der Waals surface area (Å²) >= 11 is 6.02. The molecule has 2 unspecified atom stereocenters. The Morgan fingerprint density at radius 1 is 0.972 bits per heavy atom. The Labute approximate surface area is 428 Å². The van der Waals surface area contributed by atoms with Crippen molar-refractivity contribution < 1.29 is 76.3 Å². The van der Waals surface area contributed by atoms with Gasteiger partial charge in [0.05, 0.1) is 56.0 Å². The number of carbonyl (C=O) groups excluding carboxylic acids is 4. The predicted molar refractivity (Wildman–Crippen MR) is 271 cm³/mol. The van der Waals surface area contributed by atoms with E-state index in [-0.39, 0.29) is 27.9 Å². The van der Waals surface area contributed by atoms with Crippen LogP contribution < -0.4 is 34.6 Å². The number of imide groups is 1. The molecule has 3 aromatic rings. The molecule has 0 saturated carbocycles. The lowest BCUT2D eigenvalue weighted by Crippen LogP contribution is -2.45. The van der Waals surface area contributed by atoms with Gasteiger partial charge in [0.2, 0.25) is 5.79 Å². The average Bonchev–Trinajstić information content (AvgIpc) is 3.55. The number of hydrogen-bond donors (Lipinski definition) is 4. The normalized spacial score (nSPS) is 17.2. The van der Waals surface area contributed by atoms with Gasteiger partial charge in [-0.15, -0.1) is 0 Å². The second-order valence-corrected chi connectivity index (χ2v) is 22.2. The van der Waals surface area contributed by atoms with Crippen molar-refractivity contribution in [3.8, 4) is 23.0 Å². The van der Waals surface area contributed by atoms with Crippen molar-refractivity contribution in [1.29, 1.82) is 0 Å². The van der Waals surface area contributed by atoms with Crippen LogP contribution in [-0.4, -0.2) is 117 Å². The van der Waals surface area contributed by atoms with Gasteiger partial charge in [-0.25, -0.2) is 23.9 Å². The van der Waals surface area contributed by atoms with E-state index in [0.717, 1.165) is 65.9 Å². The standard InChI is InChI=1S/C22H28N2O5.C21H23ClFNO5.C3H8NO5P.C3H9S/c1-21(2)14-22(3,26-5)29-19-13-17(11-12-18(19)21)28-16-9-7-15(8-10-16)23-20(25)24(4)27-6;1-2-3-6-9-28-19(25)12-29-18-11-17(16(23)10-15(18)22)24-20(26)13-7-4-5-8-14(13)21(24)27;5-3(6)1-4-2-10(7,8)9;1-4(2)3/h7-13H,14H2,1-6H3,(H,23,25);10-11H,2-9,12H2,1H3;4H,1-2H2,(H,5,6)(H2,7,8,9);1-3H3/q;;;+1/p-1. The number of ether oxygens (including phenoxy) is 5. The molecule has 0 bridgehead atoms. The number of methoxy groups -OCH3 is 1. The minimum atomic E-state index is -4.35. The van der Waals surface area contributed by atoms with Crippen LogP contribution in [0.25, 0.3) is 0 Å². The van der Waals surface area contributed by atoms with E-state index >= 15 is 0 Å². The van der Waals surface area contributed by atoms with Crippen molar-refractivity contribution in [2.75, 3.05) is 76.3 Å². The second-order valence-electron chi connectivity index (χ2n) is 17.8. The number of aliphatic carboxylic acids is 1. The first-order valence-electron chi connectivity index (χ1n) is 22.8. The van der Waals surface area contributed by atoms with E-state index in [0.29, 0.717) is 58.7 Å².